The molecule has 0 aliphatic carbocycles. The number of aryl methyl sites for hydroxylation is 1. The molecule has 1 unspecified atom stereocenters. The van der Waals surface area contributed by atoms with E-state index >= 15 is 0 Å². The zero-order valence-corrected chi connectivity index (χ0v) is 11.6. The summed E-state index contributed by atoms with van der Waals surface area (Å²) in [6.45, 7) is 5.34. The van der Waals surface area contributed by atoms with Gasteiger partial charge in [0.05, 0.1) is 0 Å². The van der Waals surface area contributed by atoms with E-state index in [2.05, 4.69) is 35.0 Å². The van der Waals surface area contributed by atoms with Gasteiger partial charge >= 0.3 is 5.97 Å². The van der Waals surface area contributed by atoms with Crippen LogP contribution in [0.1, 0.15) is 23.6 Å². The molecular weight excluding hydrogens is 282 g/mol. The fraction of sp³-hybridized carbons (Fsp3) is 0.462. The molecule has 0 saturated heterocycles. The normalized spacial score (nSPS) is 17.6. The van der Waals surface area contributed by atoms with Crippen LogP contribution in [0.2, 0.25) is 0 Å². The highest BCUT2D eigenvalue weighted by Crippen LogP contribution is 2.28. The van der Waals surface area contributed by atoms with Gasteiger partial charge in [0.2, 0.25) is 0 Å². The second-order valence-electron chi connectivity index (χ2n) is 4.62. The number of carboxylic acids is 1. The summed E-state index contributed by atoms with van der Waals surface area (Å²) < 4.78 is 1.15. The van der Waals surface area contributed by atoms with Crippen LogP contribution in [0.5, 0.6) is 0 Å². The van der Waals surface area contributed by atoms with Gasteiger partial charge in [-0.25, -0.2) is 0 Å². The second kappa shape index (κ2) is 4.78. The minimum absolute atomic E-state index is 0.414. The van der Waals surface area contributed by atoms with Gasteiger partial charge in [-0.3, -0.25) is 9.69 Å². The Kier molecular flexibility index (Phi) is 3.54. The SMILES string of the molecule is Cc1cc(Br)c2c(c1)CN(C(C)C(=O)O)CC2. The highest BCUT2D eigenvalue weighted by molar-refractivity contribution is 9.10. The van der Waals surface area contributed by atoms with E-state index < -0.39 is 12.0 Å². The molecule has 1 aromatic rings. The van der Waals surface area contributed by atoms with Gasteiger partial charge < -0.3 is 5.11 Å². The van der Waals surface area contributed by atoms with E-state index in [0.717, 1.165) is 24.0 Å². The van der Waals surface area contributed by atoms with Gasteiger partial charge in [0.25, 0.3) is 0 Å². The minimum atomic E-state index is -0.750. The molecule has 1 aliphatic heterocycles. The van der Waals surface area contributed by atoms with Crippen molar-refractivity contribution in [1.29, 1.82) is 0 Å². The molecule has 0 spiro atoms. The van der Waals surface area contributed by atoms with Gasteiger partial charge in [-0.1, -0.05) is 22.0 Å². The maximum Gasteiger partial charge on any atom is 0.320 e. The Hall–Kier alpha value is -0.870. The van der Waals surface area contributed by atoms with Crippen LogP contribution in [-0.2, 0) is 17.8 Å². The average Bonchev–Trinajstić information content (AvgIpc) is 2.26. The topological polar surface area (TPSA) is 40.5 Å². The zero-order chi connectivity index (χ0) is 12.6. The van der Waals surface area contributed by atoms with Gasteiger partial charge in [-0.05, 0) is 43.0 Å². The molecule has 1 aliphatic rings. The predicted molar refractivity (Wildman–Crippen MR) is 70.1 cm³/mol. The highest BCUT2D eigenvalue weighted by Gasteiger charge is 2.25. The van der Waals surface area contributed by atoms with Crippen molar-refractivity contribution >= 4 is 21.9 Å². The Morgan fingerprint density at radius 2 is 2.24 bits per heavy atom. The number of benzene rings is 1. The first-order valence-corrected chi connectivity index (χ1v) is 6.53. The largest absolute Gasteiger partial charge is 0.480 e. The lowest BCUT2D eigenvalue weighted by molar-refractivity contribution is -0.143. The fourth-order valence-corrected chi connectivity index (χ4v) is 3.12. The number of hydrogen-bond donors (Lipinski definition) is 1. The van der Waals surface area contributed by atoms with E-state index in [4.69, 9.17) is 5.11 Å². The number of halogens is 1. The van der Waals surface area contributed by atoms with Gasteiger partial charge in [0, 0.05) is 17.6 Å². The van der Waals surface area contributed by atoms with Crippen LogP contribution < -0.4 is 0 Å². The molecular formula is C13H16BrNO2. The first-order valence-electron chi connectivity index (χ1n) is 5.74. The van der Waals surface area contributed by atoms with Crippen molar-refractivity contribution < 1.29 is 9.90 Å². The number of aliphatic carboxylic acids is 1. The van der Waals surface area contributed by atoms with E-state index in [0.29, 0.717) is 0 Å². The molecule has 4 heteroatoms. The Morgan fingerprint density at radius 1 is 1.53 bits per heavy atom. The lowest BCUT2D eigenvalue weighted by Gasteiger charge is -2.32. The smallest absolute Gasteiger partial charge is 0.320 e. The van der Waals surface area contributed by atoms with E-state index in [1.807, 2.05) is 4.90 Å². The quantitative estimate of drug-likeness (QED) is 0.912. The van der Waals surface area contributed by atoms with E-state index in [9.17, 15) is 4.79 Å². The maximum absolute atomic E-state index is 11.0. The lowest BCUT2D eigenvalue weighted by atomic mass is 9.97. The van der Waals surface area contributed by atoms with Crippen LogP contribution >= 0.6 is 15.9 Å². The Balaban J connectivity index is 2.27. The van der Waals surface area contributed by atoms with Crippen molar-refractivity contribution in [3.8, 4) is 0 Å². The van der Waals surface area contributed by atoms with Crippen molar-refractivity contribution in [2.45, 2.75) is 32.9 Å². The van der Waals surface area contributed by atoms with Crippen molar-refractivity contribution in [3.05, 3.63) is 33.3 Å². The standard InChI is InChI=1S/C13H16BrNO2/c1-8-5-10-7-15(9(2)13(16)17)4-3-11(10)12(14)6-8/h5-6,9H,3-4,7H2,1-2H3,(H,16,17). The third kappa shape index (κ3) is 2.53. The Labute approximate surface area is 110 Å². The van der Waals surface area contributed by atoms with Crippen LogP contribution in [0.25, 0.3) is 0 Å². The highest BCUT2D eigenvalue weighted by atomic mass is 79.9. The molecule has 0 amide bonds. The number of fused-ring (bicyclic) bond motifs is 1. The molecule has 0 aromatic heterocycles. The molecule has 92 valence electrons. The molecule has 1 atom stereocenters. The van der Waals surface area contributed by atoms with Crippen molar-refractivity contribution in [2.75, 3.05) is 6.54 Å². The summed E-state index contributed by atoms with van der Waals surface area (Å²) in [6, 6.07) is 3.86. The third-order valence-corrected chi connectivity index (χ3v) is 4.07. The van der Waals surface area contributed by atoms with Crippen LogP contribution in [-0.4, -0.2) is 28.6 Å². The summed E-state index contributed by atoms with van der Waals surface area (Å²) in [7, 11) is 0. The van der Waals surface area contributed by atoms with Gasteiger partial charge in [0.15, 0.2) is 0 Å². The van der Waals surface area contributed by atoms with Crippen LogP contribution in [0.15, 0.2) is 16.6 Å². The van der Waals surface area contributed by atoms with Crippen LogP contribution in [0.4, 0.5) is 0 Å². The molecule has 3 nitrogen and oxygen atoms in total. The Morgan fingerprint density at radius 3 is 2.88 bits per heavy atom. The molecule has 0 radical (unpaired) electrons. The van der Waals surface area contributed by atoms with Gasteiger partial charge in [-0.15, -0.1) is 0 Å². The average molecular weight is 298 g/mol. The molecule has 0 fully saturated rings. The summed E-state index contributed by atoms with van der Waals surface area (Å²) >= 11 is 3.58. The van der Waals surface area contributed by atoms with Crippen LogP contribution in [0, 0.1) is 6.92 Å². The first-order chi connectivity index (χ1) is 7.99. The zero-order valence-electron chi connectivity index (χ0n) is 10.0. The molecule has 0 bridgehead atoms. The molecule has 1 N–H and O–H groups in total. The fourth-order valence-electron chi connectivity index (χ4n) is 2.31. The summed E-state index contributed by atoms with van der Waals surface area (Å²) in [6.07, 6.45) is 0.911. The number of hydrogen-bond acceptors (Lipinski definition) is 2. The third-order valence-electron chi connectivity index (χ3n) is 3.36. The molecule has 1 aromatic carbocycles. The van der Waals surface area contributed by atoms with E-state index in [-0.39, 0.29) is 0 Å². The number of carboxylic acid groups (broad SMARTS) is 1. The van der Waals surface area contributed by atoms with Gasteiger partial charge in [0.1, 0.15) is 6.04 Å². The predicted octanol–water partition coefficient (Wildman–Crippen LogP) is 2.59. The summed E-state index contributed by atoms with van der Waals surface area (Å²) in [5.74, 6) is -0.750. The molecule has 1 heterocycles. The monoisotopic (exact) mass is 297 g/mol. The minimum Gasteiger partial charge on any atom is -0.480 e. The lowest BCUT2D eigenvalue weighted by Crippen LogP contribution is -2.42. The Bertz CT molecular complexity index is 459. The second-order valence-corrected chi connectivity index (χ2v) is 5.47. The molecule has 0 saturated carbocycles. The maximum atomic E-state index is 11.0. The summed E-state index contributed by atoms with van der Waals surface area (Å²) in [5, 5.41) is 9.04. The van der Waals surface area contributed by atoms with Crippen molar-refractivity contribution in [2.24, 2.45) is 0 Å². The van der Waals surface area contributed by atoms with Crippen molar-refractivity contribution in [1.82, 2.24) is 4.90 Å². The number of rotatable bonds is 2. The van der Waals surface area contributed by atoms with Crippen LogP contribution in [0.3, 0.4) is 0 Å². The first kappa shape index (κ1) is 12.6. The van der Waals surface area contributed by atoms with E-state index in [1.165, 1.54) is 16.7 Å². The summed E-state index contributed by atoms with van der Waals surface area (Å²) in [4.78, 5) is 13.0. The van der Waals surface area contributed by atoms with Gasteiger partial charge in [-0.2, -0.15) is 0 Å². The summed E-state index contributed by atoms with van der Waals surface area (Å²) in [5.41, 5.74) is 3.78. The molecule has 17 heavy (non-hydrogen) atoms. The number of carbonyl (C=O) groups is 1. The van der Waals surface area contributed by atoms with E-state index in [1.54, 1.807) is 6.92 Å². The molecule has 2 rings (SSSR count). The van der Waals surface area contributed by atoms with Crippen molar-refractivity contribution in [3.63, 3.8) is 0 Å². The number of nitrogens with zero attached hydrogens (tertiary/aromatic N) is 1.